The van der Waals surface area contributed by atoms with E-state index in [9.17, 15) is 4.79 Å². The second-order valence-corrected chi connectivity index (χ2v) is 7.86. The SMILES string of the molecule is Cc1ccc(Cn2nc(C)c(C(=O)NC(c3ccccc3)C(C)C)c2Cl)cc1. The van der Waals surface area contributed by atoms with Gasteiger partial charge in [0.25, 0.3) is 5.91 Å². The third kappa shape index (κ3) is 4.45. The first-order valence-electron chi connectivity index (χ1n) is 9.51. The van der Waals surface area contributed by atoms with Crippen LogP contribution in [0.15, 0.2) is 54.6 Å². The van der Waals surface area contributed by atoms with Crippen molar-refractivity contribution in [1.82, 2.24) is 15.1 Å². The van der Waals surface area contributed by atoms with Gasteiger partial charge in [-0.05, 0) is 30.9 Å². The van der Waals surface area contributed by atoms with E-state index in [1.54, 1.807) is 4.68 Å². The van der Waals surface area contributed by atoms with Crippen LogP contribution in [0.5, 0.6) is 0 Å². The lowest BCUT2D eigenvalue weighted by Gasteiger charge is -2.23. The summed E-state index contributed by atoms with van der Waals surface area (Å²) in [6.45, 7) is 8.58. The van der Waals surface area contributed by atoms with Crippen molar-refractivity contribution < 1.29 is 4.79 Å². The Bertz CT molecular complexity index is 946. The Morgan fingerprint density at radius 3 is 2.32 bits per heavy atom. The van der Waals surface area contributed by atoms with Gasteiger partial charge in [0.1, 0.15) is 5.15 Å². The topological polar surface area (TPSA) is 46.9 Å². The molecule has 3 rings (SSSR count). The van der Waals surface area contributed by atoms with E-state index < -0.39 is 0 Å². The monoisotopic (exact) mass is 395 g/mol. The summed E-state index contributed by atoms with van der Waals surface area (Å²) < 4.78 is 1.68. The molecule has 1 heterocycles. The fourth-order valence-electron chi connectivity index (χ4n) is 3.29. The Labute approximate surface area is 171 Å². The second kappa shape index (κ2) is 8.61. The number of carbonyl (C=O) groups excluding carboxylic acids is 1. The van der Waals surface area contributed by atoms with Crippen LogP contribution in [0.25, 0.3) is 0 Å². The molecule has 1 N–H and O–H groups in total. The van der Waals surface area contributed by atoms with Crippen LogP contribution in [0.4, 0.5) is 0 Å². The van der Waals surface area contributed by atoms with E-state index >= 15 is 0 Å². The fourth-order valence-corrected chi connectivity index (χ4v) is 3.61. The van der Waals surface area contributed by atoms with Gasteiger partial charge in [-0.15, -0.1) is 0 Å². The Balaban J connectivity index is 1.83. The highest BCUT2D eigenvalue weighted by atomic mass is 35.5. The molecule has 0 saturated heterocycles. The number of benzene rings is 2. The van der Waals surface area contributed by atoms with Crippen LogP contribution < -0.4 is 5.32 Å². The van der Waals surface area contributed by atoms with E-state index in [0.29, 0.717) is 23.0 Å². The van der Waals surface area contributed by atoms with Gasteiger partial charge in [0.05, 0.1) is 23.8 Å². The number of carbonyl (C=O) groups is 1. The predicted octanol–water partition coefficient (Wildman–Crippen LogP) is 5.33. The molecule has 2 aromatic carbocycles. The van der Waals surface area contributed by atoms with Crippen molar-refractivity contribution in [3.05, 3.63) is 87.7 Å². The van der Waals surface area contributed by atoms with Gasteiger partial charge in [-0.3, -0.25) is 4.79 Å². The molecule has 1 atom stereocenters. The van der Waals surface area contributed by atoms with E-state index in [0.717, 1.165) is 11.1 Å². The molecule has 0 spiro atoms. The molecule has 0 radical (unpaired) electrons. The van der Waals surface area contributed by atoms with E-state index in [1.807, 2.05) is 49.4 Å². The van der Waals surface area contributed by atoms with Crippen LogP contribution in [0, 0.1) is 19.8 Å². The van der Waals surface area contributed by atoms with Gasteiger partial charge < -0.3 is 5.32 Å². The number of nitrogens with zero attached hydrogens (tertiary/aromatic N) is 2. The highest BCUT2D eigenvalue weighted by Crippen LogP contribution is 2.25. The minimum atomic E-state index is -0.194. The lowest BCUT2D eigenvalue weighted by molar-refractivity contribution is 0.0925. The maximum atomic E-state index is 13.0. The number of aryl methyl sites for hydroxylation is 2. The molecule has 5 heteroatoms. The zero-order chi connectivity index (χ0) is 20.3. The maximum absolute atomic E-state index is 13.0. The number of amides is 1. The Morgan fingerprint density at radius 1 is 1.07 bits per heavy atom. The molecule has 0 aliphatic carbocycles. The van der Waals surface area contributed by atoms with Crippen LogP contribution in [-0.4, -0.2) is 15.7 Å². The van der Waals surface area contributed by atoms with E-state index in [2.05, 4.69) is 43.3 Å². The van der Waals surface area contributed by atoms with E-state index in [-0.39, 0.29) is 17.9 Å². The van der Waals surface area contributed by atoms with Crippen molar-refractivity contribution in [2.75, 3.05) is 0 Å². The molecule has 0 fully saturated rings. The molecule has 0 aliphatic heterocycles. The molecule has 28 heavy (non-hydrogen) atoms. The first-order chi connectivity index (χ1) is 13.4. The first kappa shape index (κ1) is 20.2. The minimum absolute atomic E-state index is 0.0929. The minimum Gasteiger partial charge on any atom is -0.345 e. The first-order valence-corrected chi connectivity index (χ1v) is 9.89. The summed E-state index contributed by atoms with van der Waals surface area (Å²) in [5, 5.41) is 8.00. The van der Waals surface area contributed by atoms with E-state index in [4.69, 9.17) is 11.6 Å². The van der Waals surface area contributed by atoms with Gasteiger partial charge in [-0.2, -0.15) is 5.10 Å². The Kier molecular flexibility index (Phi) is 6.20. The highest BCUT2D eigenvalue weighted by Gasteiger charge is 2.24. The van der Waals surface area contributed by atoms with Gasteiger partial charge in [-0.25, -0.2) is 4.68 Å². The standard InChI is InChI=1S/C23H26ClN3O/c1-15(2)21(19-8-6-5-7-9-19)25-23(28)20-17(4)26-27(22(20)24)14-18-12-10-16(3)11-13-18/h5-13,15,21H,14H2,1-4H3,(H,25,28). The van der Waals surface area contributed by atoms with Crippen LogP contribution in [0.3, 0.4) is 0 Å². The van der Waals surface area contributed by atoms with Gasteiger partial charge in [0.2, 0.25) is 0 Å². The van der Waals surface area contributed by atoms with Crippen LogP contribution in [-0.2, 0) is 6.54 Å². The molecule has 1 amide bonds. The average molecular weight is 396 g/mol. The van der Waals surface area contributed by atoms with Gasteiger partial charge >= 0.3 is 0 Å². The van der Waals surface area contributed by atoms with Crippen molar-refractivity contribution in [3.63, 3.8) is 0 Å². The van der Waals surface area contributed by atoms with Crippen LogP contribution in [0.2, 0.25) is 5.15 Å². The molecule has 146 valence electrons. The molecule has 4 nitrogen and oxygen atoms in total. The summed E-state index contributed by atoms with van der Waals surface area (Å²) in [5.74, 6) is 0.0493. The summed E-state index contributed by atoms with van der Waals surface area (Å²) in [4.78, 5) is 13.0. The van der Waals surface area contributed by atoms with Gasteiger partial charge in [0.15, 0.2) is 0 Å². The molecular weight excluding hydrogens is 370 g/mol. The number of hydrogen-bond donors (Lipinski definition) is 1. The average Bonchev–Trinajstić information content (AvgIpc) is 2.95. The predicted molar refractivity (Wildman–Crippen MR) is 114 cm³/mol. The lowest BCUT2D eigenvalue weighted by atomic mass is 9.96. The zero-order valence-corrected chi connectivity index (χ0v) is 17.5. The Morgan fingerprint density at radius 2 is 1.71 bits per heavy atom. The van der Waals surface area contributed by atoms with Crippen molar-refractivity contribution in [2.24, 2.45) is 5.92 Å². The summed E-state index contributed by atoms with van der Waals surface area (Å²) in [5.41, 5.74) is 4.44. The van der Waals surface area contributed by atoms with Crippen molar-refractivity contribution in [1.29, 1.82) is 0 Å². The van der Waals surface area contributed by atoms with Crippen molar-refractivity contribution >= 4 is 17.5 Å². The number of hydrogen-bond acceptors (Lipinski definition) is 2. The number of rotatable bonds is 6. The second-order valence-electron chi connectivity index (χ2n) is 7.50. The van der Waals surface area contributed by atoms with Crippen LogP contribution in [0.1, 0.15) is 52.6 Å². The van der Waals surface area contributed by atoms with E-state index in [1.165, 1.54) is 5.56 Å². The maximum Gasteiger partial charge on any atom is 0.256 e. The molecular formula is C23H26ClN3O. The largest absolute Gasteiger partial charge is 0.345 e. The summed E-state index contributed by atoms with van der Waals surface area (Å²) in [7, 11) is 0. The molecule has 0 bridgehead atoms. The Hall–Kier alpha value is -2.59. The van der Waals surface area contributed by atoms with Gasteiger partial charge in [-0.1, -0.05) is 85.6 Å². The fraction of sp³-hybridized carbons (Fsp3) is 0.304. The third-order valence-electron chi connectivity index (χ3n) is 4.86. The van der Waals surface area contributed by atoms with Gasteiger partial charge in [0, 0.05) is 0 Å². The molecule has 0 aliphatic rings. The summed E-state index contributed by atoms with van der Waals surface area (Å²) >= 11 is 6.55. The van der Waals surface area contributed by atoms with Crippen LogP contribution >= 0.6 is 11.6 Å². The summed E-state index contributed by atoms with van der Waals surface area (Å²) in [6.07, 6.45) is 0. The molecule has 3 aromatic rings. The number of nitrogens with one attached hydrogen (secondary N) is 1. The van der Waals surface area contributed by atoms with Crippen molar-refractivity contribution in [2.45, 2.75) is 40.3 Å². The normalized spacial score (nSPS) is 12.2. The quantitative estimate of drug-likeness (QED) is 0.613. The third-order valence-corrected chi connectivity index (χ3v) is 5.24. The zero-order valence-electron chi connectivity index (χ0n) is 16.7. The molecule has 1 unspecified atom stereocenters. The number of aromatic nitrogens is 2. The highest BCUT2D eigenvalue weighted by molar-refractivity contribution is 6.33. The number of halogens is 1. The smallest absolute Gasteiger partial charge is 0.256 e. The lowest BCUT2D eigenvalue weighted by Crippen LogP contribution is -2.32. The molecule has 1 aromatic heterocycles. The molecule has 0 saturated carbocycles. The van der Waals surface area contributed by atoms with Crippen molar-refractivity contribution in [3.8, 4) is 0 Å². The summed E-state index contributed by atoms with van der Waals surface area (Å²) in [6, 6.07) is 18.1.